The van der Waals surface area contributed by atoms with Gasteiger partial charge in [-0.1, -0.05) is 17.7 Å². The molecule has 1 aromatic rings. The average molecular weight is 228 g/mol. The van der Waals surface area contributed by atoms with Crippen molar-refractivity contribution in [2.24, 2.45) is 5.92 Å². The van der Waals surface area contributed by atoms with E-state index in [1.807, 2.05) is 6.92 Å². The predicted molar refractivity (Wildman–Crippen MR) is 60.8 cm³/mol. The molecule has 0 aromatic heterocycles. The molecule has 0 saturated carbocycles. The van der Waals surface area contributed by atoms with Crippen LogP contribution in [0, 0.1) is 18.7 Å². The van der Waals surface area contributed by atoms with Gasteiger partial charge in [0, 0.05) is 0 Å². The monoisotopic (exact) mass is 227 g/mol. The highest BCUT2D eigenvalue weighted by Crippen LogP contribution is 2.27. The third-order valence-corrected chi connectivity index (χ3v) is 3.49. The second kappa shape index (κ2) is 4.50. The zero-order valence-corrected chi connectivity index (χ0v) is 9.57. The van der Waals surface area contributed by atoms with Crippen molar-refractivity contribution >= 4 is 11.6 Å². The molecule has 3 heteroatoms. The zero-order valence-electron chi connectivity index (χ0n) is 8.82. The summed E-state index contributed by atoms with van der Waals surface area (Å²) in [5, 5.41) is 3.62. The molecule has 0 radical (unpaired) electrons. The minimum atomic E-state index is -0.303. The quantitative estimate of drug-likeness (QED) is 0.819. The Bertz CT molecular complexity index is 359. The zero-order chi connectivity index (χ0) is 10.8. The lowest BCUT2D eigenvalue weighted by molar-refractivity contribution is 0.571. The summed E-state index contributed by atoms with van der Waals surface area (Å²) in [6, 6.07) is 3.24. The molecule has 82 valence electrons. The molecule has 0 amide bonds. The van der Waals surface area contributed by atoms with Crippen molar-refractivity contribution in [1.82, 2.24) is 5.32 Å². The molecule has 1 saturated heterocycles. The van der Waals surface area contributed by atoms with Gasteiger partial charge in [0.2, 0.25) is 0 Å². The summed E-state index contributed by atoms with van der Waals surface area (Å²) in [6.45, 7) is 4.08. The molecule has 0 aliphatic carbocycles. The van der Waals surface area contributed by atoms with Crippen LogP contribution in [-0.2, 0) is 6.42 Å². The molecule has 1 fully saturated rings. The van der Waals surface area contributed by atoms with Crippen LogP contribution in [0.2, 0.25) is 5.02 Å². The van der Waals surface area contributed by atoms with Gasteiger partial charge in [0.25, 0.3) is 0 Å². The molecule has 1 heterocycles. The Hall–Kier alpha value is -0.600. The molecule has 1 nitrogen and oxygen atoms in total. The number of hydrogen-bond acceptors (Lipinski definition) is 1. The second-order valence-corrected chi connectivity index (χ2v) is 4.60. The molecule has 2 rings (SSSR count). The standard InChI is InChI=1S/C12H15ClFN/c1-8-2-3-11(14)12(13)10(8)6-9-4-5-15-7-9/h2-3,9,15H,4-7H2,1H3. The predicted octanol–water partition coefficient (Wildman–Crippen LogP) is 2.94. The van der Waals surface area contributed by atoms with Crippen LogP contribution in [0.25, 0.3) is 0 Å². The summed E-state index contributed by atoms with van der Waals surface area (Å²) in [5.74, 6) is 0.297. The summed E-state index contributed by atoms with van der Waals surface area (Å²) in [7, 11) is 0. The van der Waals surface area contributed by atoms with E-state index in [1.54, 1.807) is 6.07 Å². The Labute approximate surface area is 94.6 Å². The van der Waals surface area contributed by atoms with Crippen LogP contribution in [0.4, 0.5) is 4.39 Å². The van der Waals surface area contributed by atoms with Gasteiger partial charge in [-0.3, -0.25) is 0 Å². The molecular formula is C12H15ClFN. The van der Waals surface area contributed by atoms with Crippen molar-refractivity contribution in [1.29, 1.82) is 0 Å². The molecule has 1 N–H and O–H groups in total. The fourth-order valence-electron chi connectivity index (χ4n) is 2.12. The SMILES string of the molecule is Cc1ccc(F)c(Cl)c1CC1CCNC1. The molecule has 0 bridgehead atoms. The third-order valence-electron chi connectivity index (χ3n) is 3.09. The van der Waals surface area contributed by atoms with Crippen LogP contribution < -0.4 is 5.32 Å². The number of nitrogens with one attached hydrogen (secondary N) is 1. The highest BCUT2D eigenvalue weighted by atomic mass is 35.5. The van der Waals surface area contributed by atoms with Gasteiger partial charge in [-0.05, 0) is 56.0 Å². The molecule has 1 unspecified atom stereocenters. The number of hydrogen-bond donors (Lipinski definition) is 1. The normalized spacial score (nSPS) is 20.9. The molecular weight excluding hydrogens is 213 g/mol. The van der Waals surface area contributed by atoms with Crippen molar-refractivity contribution in [2.75, 3.05) is 13.1 Å². The van der Waals surface area contributed by atoms with E-state index in [4.69, 9.17) is 11.6 Å². The number of rotatable bonds is 2. The van der Waals surface area contributed by atoms with E-state index in [2.05, 4.69) is 5.32 Å². The van der Waals surface area contributed by atoms with Gasteiger partial charge < -0.3 is 5.32 Å². The molecule has 1 aliphatic heterocycles. The molecule has 1 aliphatic rings. The van der Waals surface area contributed by atoms with Crippen LogP contribution in [-0.4, -0.2) is 13.1 Å². The maximum absolute atomic E-state index is 13.3. The topological polar surface area (TPSA) is 12.0 Å². The summed E-state index contributed by atoms with van der Waals surface area (Å²) < 4.78 is 13.3. The lowest BCUT2D eigenvalue weighted by atomic mass is 9.95. The Kier molecular flexibility index (Phi) is 3.27. The highest BCUT2D eigenvalue weighted by Gasteiger charge is 2.18. The van der Waals surface area contributed by atoms with Gasteiger partial charge in [-0.15, -0.1) is 0 Å². The van der Waals surface area contributed by atoms with Crippen molar-refractivity contribution in [3.8, 4) is 0 Å². The summed E-state index contributed by atoms with van der Waals surface area (Å²) in [4.78, 5) is 0. The minimum absolute atomic E-state index is 0.303. The first-order valence-electron chi connectivity index (χ1n) is 5.32. The van der Waals surface area contributed by atoms with Crippen LogP contribution in [0.1, 0.15) is 17.5 Å². The van der Waals surface area contributed by atoms with Crippen molar-refractivity contribution < 1.29 is 4.39 Å². The summed E-state index contributed by atoms with van der Waals surface area (Å²) in [6.07, 6.45) is 2.04. The third kappa shape index (κ3) is 2.32. The highest BCUT2D eigenvalue weighted by molar-refractivity contribution is 6.31. The fraction of sp³-hybridized carbons (Fsp3) is 0.500. The van der Waals surface area contributed by atoms with Crippen LogP contribution >= 0.6 is 11.6 Å². The number of aryl methyl sites for hydroxylation is 1. The Balaban J connectivity index is 2.22. The van der Waals surface area contributed by atoms with Crippen LogP contribution in [0.5, 0.6) is 0 Å². The number of benzene rings is 1. The molecule has 1 aromatic carbocycles. The van der Waals surface area contributed by atoms with Crippen molar-refractivity contribution in [2.45, 2.75) is 19.8 Å². The maximum atomic E-state index is 13.3. The van der Waals surface area contributed by atoms with Gasteiger partial charge in [0.15, 0.2) is 0 Å². The Morgan fingerprint density at radius 1 is 1.53 bits per heavy atom. The Morgan fingerprint density at radius 3 is 3.00 bits per heavy atom. The van der Waals surface area contributed by atoms with Crippen LogP contribution in [0.15, 0.2) is 12.1 Å². The molecule has 0 spiro atoms. The fourth-order valence-corrected chi connectivity index (χ4v) is 2.41. The van der Waals surface area contributed by atoms with E-state index in [1.165, 1.54) is 6.07 Å². The van der Waals surface area contributed by atoms with Gasteiger partial charge >= 0.3 is 0 Å². The van der Waals surface area contributed by atoms with E-state index in [0.29, 0.717) is 10.9 Å². The first-order valence-corrected chi connectivity index (χ1v) is 5.70. The first kappa shape index (κ1) is 10.9. The van der Waals surface area contributed by atoms with E-state index in [9.17, 15) is 4.39 Å². The van der Waals surface area contributed by atoms with E-state index in [-0.39, 0.29) is 5.82 Å². The Morgan fingerprint density at radius 2 is 2.33 bits per heavy atom. The van der Waals surface area contributed by atoms with Gasteiger partial charge in [0.05, 0.1) is 5.02 Å². The van der Waals surface area contributed by atoms with Gasteiger partial charge in [-0.2, -0.15) is 0 Å². The summed E-state index contributed by atoms with van der Waals surface area (Å²) in [5.41, 5.74) is 2.07. The lowest BCUT2D eigenvalue weighted by Crippen LogP contribution is -2.11. The molecule has 15 heavy (non-hydrogen) atoms. The van der Waals surface area contributed by atoms with Crippen molar-refractivity contribution in [3.63, 3.8) is 0 Å². The smallest absolute Gasteiger partial charge is 0.142 e. The maximum Gasteiger partial charge on any atom is 0.142 e. The van der Waals surface area contributed by atoms with Crippen LogP contribution in [0.3, 0.4) is 0 Å². The number of halogens is 2. The second-order valence-electron chi connectivity index (χ2n) is 4.22. The lowest BCUT2D eigenvalue weighted by Gasteiger charge is -2.13. The van der Waals surface area contributed by atoms with E-state index in [0.717, 1.165) is 37.1 Å². The average Bonchev–Trinajstić information content (AvgIpc) is 2.71. The first-order chi connectivity index (χ1) is 7.18. The molecule has 1 atom stereocenters. The van der Waals surface area contributed by atoms with E-state index < -0.39 is 0 Å². The van der Waals surface area contributed by atoms with E-state index >= 15 is 0 Å². The minimum Gasteiger partial charge on any atom is -0.316 e. The van der Waals surface area contributed by atoms with Gasteiger partial charge in [-0.25, -0.2) is 4.39 Å². The summed E-state index contributed by atoms with van der Waals surface area (Å²) >= 11 is 5.98. The van der Waals surface area contributed by atoms with Gasteiger partial charge in [0.1, 0.15) is 5.82 Å². The largest absolute Gasteiger partial charge is 0.316 e. The van der Waals surface area contributed by atoms with Crippen molar-refractivity contribution in [3.05, 3.63) is 34.1 Å².